The van der Waals surface area contributed by atoms with Crippen molar-refractivity contribution in [3.63, 3.8) is 0 Å². The highest BCUT2D eigenvalue weighted by atomic mass is 16.3. The summed E-state index contributed by atoms with van der Waals surface area (Å²) in [6.07, 6.45) is 1.72. The minimum absolute atomic E-state index is 0.0477. The van der Waals surface area contributed by atoms with Gasteiger partial charge in [-0.15, -0.1) is 5.10 Å². The summed E-state index contributed by atoms with van der Waals surface area (Å²) in [5, 5.41) is 5.45. The van der Waals surface area contributed by atoms with Crippen LogP contribution in [0.15, 0.2) is 63.9 Å². The summed E-state index contributed by atoms with van der Waals surface area (Å²) < 4.78 is 7.45. The molecule has 4 nitrogen and oxygen atoms in total. The standard InChI is InChI=1S/C17H12N2O2/c1-11-7-8-13-15(9-11)21-17-14(16(13)20)10-19(18-17)12-5-3-2-4-6-12/h2-10H,1H3. The SMILES string of the molecule is Cc1ccc2c(=O)c3cn(-c4ccccc4)nc3oc2c1. The number of aryl methyl sites for hydroxylation is 1. The van der Waals surface area contributed by atoms with Gasteiger partial charge in [0.05, 0.1) is 11.1 Å². The molecular formula is C17H12N2O2. The molecule has 0 aliphatic heterocycles. The van der Waals surface area contributed by atoms with Gasteiger partial charge in [0.25, 0.3) is 0 Å². The lowest BCUT2D eigenvalue weighted by Gasteiger charge is -1.98. The number of benzene rings is 2. The van der Waals surface area contributed by atoms with Crippen LogP contribution in [0.2, 0.25) is 0 Å². The number of fused-ring (bicyclic) bond motifs is 2. The molecule has 0 atom stereocenters. The molecule has 0 bridgehead atoms. The van der Waals surface area contributed by atoms with Crippen LogP contribution >= 0.6 is 0 Å². The first-order chi connectivity index (χ1) is 10.2. The van der Waals surface area contributed by atoms with Crippen LogP contribution in [0, 0.1) is 6.92 Å². The van der Waals surface area contributed by atoms with E-state index in [1.54, 1.807) is 16.9 Å². The van der Waals surface area contributed by atoms with Gasteiger partial charge in [-0.3, -0.25) is 4.79 Å². The third kappa shape index (κ3) is 1.84. The predicted molar refractivity (Wildman–Crippen MR) is 81.8 cm³/mol. The van der Waals surface area contributed by atoms with Gasteiger partial charge in [0.1, 0.15) is 11.0 Å². The zero-order chi connectivity index (χ0) is 14.4. The van der Waals surface area contributed by atoms with Gasteiger partial charge in [-0.25, -0.2) is 4.68 Å². The van der Waals surface area contributed by atoms with E-state index in [2.05, 4.69) is 5.10 Å². The quantitative estimate of drug-likeness (QED) is 0.535. The van der Waals surface area contributed by atoms with E-state index in [1.807, 2.05) is 49.4 Å². The molecule has 4 rings (SSSR count). The van der Waals surface area contributed by atoms with Gasteiger partial charge in [-0.2, -0.15) is 0 Å². The maximum atomic E-state index is 12.5. The smallest absolute Gasteiger partial charge is 0.250 e. The highest BCUT2D eigenvalue weighted by Crippen LogP contribution is 2.19. The molecule has 0 spiro atoms. The molecular weight excluding hydrogens is 264 g/mol. The Bertz CT molecular complexity index is 1010. The van der Waals surface area contributed by atoms with E-state index in [1.165, 1.54) is 0 Å². The van der Waals surface area contributed by atoms with Crippen molar-refractivity contribution in [1.82, 2.24) is 9.78 Å². The summed E-state index contributed by atoms with van der Waals surface area (Å²) >= 11 is 0. The zero-order valence-electron chi connectivity index (χ0n) is 11.4. The molecule has 0 aliphatic rings. The molecule has 21 heavy (non-hydrogen) atoms. The van der Waals surface area contributed by atoms with Crippen molar-refractivity contribution in [2.45, 2.75) is 6.92 Å². The lowest BCUT2D eigenvalue weighted by Crippen LogP contribution is -2.00. The molecule has 0 unspecified atom stereocenters. The number of aromatic nitrogens is 2. The Morgan fingerprint density at radius 3 is 2.67 bits per heavy atom. The van der Waals surface area contributed by atoms with E-state index in [-0.39, 0.29) is 5.43 Å². The van der Waals surface area contributed by atoms with Crippen molar-refractivity contribution >= 4 is 22.1 Å². The zero-order valence-corrected chi connectivity index (χ0v) is 11.4. The van der Waals surface area contributed by atoms with Gasteiger partial charge in [-0.1, -0.05) is 24.3 Å². The Hall–Kier alpha value is -2.88. The van der Waals surface area contributed by atoms with Crippen molar-refractivity contribution in [3.05, 3.63) is 70.5 Å². The Kier molecular flexibility index (Phi) is 2.44. The lowest BCUT2D eigenvalue weighted by molar-refractivity contribution is 0.634. The molecule has 2 aromatic heterocycles. The monoisotopic (exact) mass is 276 g/mol. The molecule has 0 radical (unpaired) electrons. The van der Waals surface area contributed by atoms with Crippen LogP contribution < -0.4 is 5.43 Å². The number of rotatable bonds is 1. The average Bonchev–Trinajstić information content (AvgIpc) is 2.92. The summed E-state index contributed by atoms with van der Waals surface area (Å²) in [6, 6.07) is 15.2. The summed E-state index contributed by atoms with van der Waals surface area (Å²) in [5.74, 6) is 0. The van der Waals surface area contributed by atoms with Gasteiger partial charge < -0.3 is 4.42 Å². The van der Waals surface area contributed by atoms with Crippen LogP contribution in [0.1, 0.15) is 5.56 Å². The molecule has 2 aromatic carbocycles. The van der Waals surface area contributed by atoms with Crippen molar-refractivity contribution in [3.8, 4) is 5.69 Å². The number of nitrogens with zero attached hydrogens (tertiary/aromatic N) is 2. The van der Waals surface area contributed by atoms with Crippen LogP contribution in [-0.4, -0.2) is 9.78 Å². The maximum Gasteiger partial charge on any atom is 0.250 e. The Balaban J connectivity index is 2.06. The molecule has 102 valence electrons. The highest BCUT2D eigenvalue weighted by Gasteiger charge is 2.12. The fourth-order valence-corrected chi connectivity index (χ4v) is 2.45. The number of hydrogen-bond donors (Lipinski definition) is 0. The first kappa shape index (κ1) is 11.9. The molecule has 0 saturated heterocycles. The first-order valence-corrected chi connectivity index (χ1v) is 6.71. The van der Waals surface area contributed by atoms with Crippen LogP contribution in [0.5, 0.6) is 0 Å². The predicted octanol–water partition coefficient (Wildman–Crippen LogP) is 3.44. The third-order valence-electron chi connectivity index (χ3n) is 3.53. The average molecular weight is 276 g/mol. The van der Waals surface area contributed by atoms with Crippen LogP contribution in [0.3, 0.4) is 0 Å². The second-order valence-electron chi connectivity index (χ2n) is 5.06. The molecule has 4 heteroatoms. The first-order valence-electron chi connectivity index (χ1n) is 6.71. The van der Waals surface area contributed by atoms with Crippen molar-refractivity contribution in [1.29, 1.82) is 0 Å². The number of hydrogen-bond acceptors (Lipinski definition) is 3. The van der Waals surface area contributed by atoms with E-state index < -0.39 is 0 Å². The molecule has 0 fully saturated rings. The van der Waals surface area contributed by atoms with E-state index in [0.29, 0.717) is 22.1 Å². The Labute approximate surface area is 120 Å². The molecule has 4 aromatic rings. The van der Waals surface area contributed by atoms with Crippen LogP contribution in [0.4, 0.5) is 0 Å². The molecule has 0 aliphatic carbocycles. The van der Waals surface area contributed by atoms with Crippen molar-refractivity contribution in [2.24, 2.45) is 0 Å². The minimum Gasteiger partial charge on any atom is -0.436 e. The van der Waals surface area contributed by atoms with Gasteiger partial charge in [-0.05, 0) is 36.8 Å². The summed E-state index contributed by atoms with van der Waals surface area (Å²) in [5.41, 5.74) is 2.83. The van der Waals surface area contributed by atoms with Crippen molar-refractivity contribution < 1.29 is 4.42 Å². The topological polar surface area (TPSA) is 48.0 Å². The summed E-state index contributed by atoms with van der Waals surface area (Å²) in [7, 11) is 0. The van der Waals surface area contributed by atoms with Crippen molar-refractivity contribution in [2.75, 3.05) is 0 Å². The van der Waals surface area contributed by atoms with Gasteiger partial charge in [0, 0.05) is 6.20 Å². The van der Waals surface area contributed by atoms with Gasteiger partial charge >= 0.3 is 0 Å². The normalized spacial score (nSPS) is 11.3. The van der Waals surface area contributed by atoms with E-state index in [0.717, 1.165) is 11.3 Å². The second-order valence-corrected chi connectivity index (χ2v) is 5.06. The second kappa shape index (κ2) is 4.31. The highest BCUT2D eigenvalue weighted by molar-refractivity contribution is 5.88. The van der Waals surface area contributed by atoms with Gasteiger partial charge in [0.2, 0.25) is 11.1 Å². The van der Waals surface area contributed by atoms with Crippen LogP contribution in [-0.2, 0) is 0 Å². The van der Waals surface area contributed by atoms with Gasteiger partial charge in [0.15, 0.2) is 0 Å². The Morgan fingerprint density at radius 1 is 1.05 bits per heavy atom. The molecule has 2 heterocycles. The Morgan fingerprint density at radius 2 is 1.86 bits per heavy atom. The third-order valence-corrected chi connectivity index (χ3v) is 3.53. The van der Waals surface area contributed by atoms with E-state index >= 15 is 0 Å². The maximum absolute atomic E-state index is 12.5. The fraction of sp³-hybridized carbons (Fsp3) is 0.0588. The van der Waals surface area contributed by atoms with E-state index in [9.17, 15) is 4.79 Å². The number of para-hydroxylation sites is 1. The van der Waals surface area contributed by atoms with Crippen LogP contribution in [0.25, 0.3) is 27.8 Å². The largest absolute Gasteiger partial charge is 0.436 e. The molecule has 0 saturated carbocycles. The fourth-order valence-electron chi connectivity index (χ4n) is 2.45. The van der Waals surface area contributed by atoms with E-state index in [4.69, 9.17) is 4.42 Å². The minimum atomic E-state index is -0.0477. The summed E-state index contributed by atoms with van der Waals surface area (Å²) in [4.78, 5) is 12.5. The molecule has 0 amide bonds. The lowest BCUT2D eigenvalue weighted by atomic mass is 10.1. The molecule has 0 N–H and O–H groups in total. The summed E-state index contributed by atoms with van der Waals surface area (Å²) in [6.45, 7) is 1.96.